The fourth-order valence-corrected chi connectivity index (χ4v) is 1.51. The van der Waals surface area contributed by atoms with Crippen LogP contribution in [0.25, 0.3) is 6.08 Å². The zero-order chi connectivity index (χ0) is 13.5. The molecule has 2 rings (SSSR count). The molecule has 3 nitrogen and oxygen atoms in total. The number of hydrogen-bond acceptors (Lipinski definition) is 2. The van der Waals surface area contributed by atoms with Crippen LogP contribution in [0.1, 0.15) is 16.7 Å². The Bertz CT molecular complexity index is 642. The van der Waals surface area contributed by atoms with Gasteiger partial charge in [-0.15, -0.1) is 0 Å². The fourth-order valence-electron chi connectivity index (χ4n) is 1.51. The van der Waals surface area contributed by atoms with Crippen LogP contribution in [0, 0.1) is 11.8 Å². The molecule has 1 aromatic heterocycles. The molecule has 1 N–H and O–H groups in total. The van der Waals surface area contributed by atoms with E-state index in [1.165, 1.54) is 13.2 Å². The first-order valence-corrected chi connectivity index (χ1v) is 5.79. The summed E-state index contributed by atoms with van der Waals surface area (Å²) < 4.78 is 4.55. The molecule has 19 heavy (non-hydrogen) atoms. The van der Waals surface area contributed by atoms with E-state index in [0.717, 1.165) is 16.7 Å². The molecule has 3 heteroatoms. The number of ether oxygens (including phenoxy) is 1. The number of nitrogens with one attached hydrogen (secondary N) is 1. The molecule has 0 bridgehead atoms. The Morgan fingerprint density at radius 1 is 1.21 bits per heavy atom. The molecule has 0 aliphatic rings. The van der Waals surface area contributed by atoms with Gasteiger partial charge in [-0.3, -0.25) is 0 Å². The average Bonchev–Trinajstić information content (AvgIpc) is 2.91. The summed E-state index contributed by atoms with van der Waals surface area (Å²) in [7, 11) is 1.35. The molecule has 94 valence electrons. The number of esters is 1. The Morgan fingerprint density at radius 2 is 2.00 bits per heavy atom. The van der Waals surface area contributed by atoms with Crippen molar-refractivity contribution in [2.24, 2.45) is 0 Å². The van der Waals surface area contributed by atoms with E-state index in [1.54, 1.807) is 18.5 Å². The Kier molecular flexibility index (Phi) is 4.20. The van der Waals surface area contributed by atoms with Crippen molar-refractivity contribution in [3.8, 4) is 11.8 Å². The van der Waals surface area contributed by atoms with Crippen molar-refractivity contribution < 1.29 is 9.53 Å². The first kappa shape index (κ1) is 12.7. The van der Waals surface area contributed by atoms with Gasteiger partial charge in [-0.25, -0.2) is 4.79 Å². The molecule has 0 spiro atoms. The molecule has 0 unspecified atom stereocenters. The van der Waals surface area contributed by atoms with Gasteiger partial charge in [0.1, 0.15) is 0 Å². The highest BCUT2D eigenvalue weighted by Gasteiger charge is 1.98. The lowest BCUT2D eigenvalue weighted by Gasteiger charge is -1.91. The molecule has 0 saturated carbocycles. The summed E-state index contributed by atoms with van der Waals surface area (Å²) in [6.07, 6.45) is 6.63. The summed E-state index contributed by atoms with van der Waals surface area (Å²) in [6, 6.07) is 9.73. The van der Waals surface area contributed by atoms with Crippen LogP contribution in [0.4, 0.5) is 0 Å². The molecule has 2 aromatic rings. The van der Waals surface area contributed by atoms with Crippen LogP contribution in [0.15, 0.2) is 48.8 Å². The van der Waals surface area contributed by atoms with Crippen molar-refractivity contribution in [3.63, 3.8) is 0 Å². The molecule has 0 aliphatic carbocycles. The molecule has 0 saturated heterocycles. The second-order valence-electron chi connectivity index (χ2n) is 3.80. The summed E-state index contributed by atoms with van der Waals surface area (Å²) in [6.45, 7) is 0. The van der Waals surface area contributed by atoms with Crippen molar-refractivity contribution >= 4 is 12.0 Å². The van der Waals surface area contributed by atoms with E-state index in [2.05, 4.69) is 21.6 Å². The first-order chi connectivity index (χ1) is 9.29. The highest BCUT2D eigenvalue weighted by atomic mass is 16.5. The van der Waals surface area contributed by atoms with Crippen LogP contribution in [0.5, 0.6) is 0 Å². The SMILES string of the molecule is COC(=O)/C=C/c1c[nH]cc1C#Cc1ccccc1. The minimum atomic E-state index is -0.386. The number of carbonyl (C=O) groups excluding carboxylic acids is 1. The molecule has 0 radical (unpaired) electrons. The molecule has 0 amide bonds. The Hall–Kier alpha value is -2.73. The third-order valence-electron chi connectivity index (χ3n) is 2.49. The number of benzene rings is 1. The van der Waals surface area contributed by atoms with E-state index in [-0.39, 0.29) is 5.97 Å². The number of aromatic nitrogens is 1. The number of rotatable bonds is 2. The van der Waals surface area contributed by atoms with E-state index >= 15 is 0 Å². The van der Waals surface area contributed by atoms with Crippen LogP contribution < -0.4 is 0 Å². The summed E-state index contributed by atoms with van der Waals surface area (Å²) in [4.78, 5) is 14.0. The standard InChI is InChI=1S/C16H13NO2/c1-19-16(18)10-9-15-12-17-11-14(15)8-7-13-5-3-2-4-6-13/h2-6,9-12,17H,1H3/b10-9+. The Balaban J connectivity index is 2.19. The summed E-state index contributed by atoms with van der Waals surface area (Å²) in [5.74, 6) is 5.75. The predicted molar refractivity (Wildman–Crippen MR) is 74.3 cm³/mol. The molecule has 0 atom stereocenters. The normalized spacial score (nSPS) is 9.95. The van der Waals surface area contributed by atoms with Crippen LogP contribution in [-0.2, 0) is 9.53 Å². The molecule has 1 aromatic carbocycles. The van der Waals surface area contributed by atoms with Crippen molar-refractivity contribution in [3.05, 3.63) is 65.5 Å². The van der Waals surface area contributed by atoms with Crippen molar-refractivity contribution in [1.82, 2.24) is 4.98 Å². The quantitative estimate of drug-likeness (QED) is 0.506. The third-order valence-corrected chi connectivity index (χ3v) is 2.49. The predicted octanol–water partition coefficient (Wildman–Crippen LogP) is 2.60. The van der Waals surface area contributed by atoms with Crippen LogP contribution in [0.2, 0.25) is 0 Å². The number of hydrogen-bond donors (Lipinski definition) is 1. The van der Waals surface area contributed by atoms with Crippen molar-refractivity contribution in [1.29, 1.82) is 0 Å². The molecule has 0 aliphatic heterocycles. The van der Waals surface area contributed by atoms with E-state index in [9.17, 15) is 4.79 Å². The van der Waals surface area contributed by atoms with Gasteiger partial charge >= 0.3 is 5.97 Å². The Labute approximate surface area is 111 Å². The van der Waals surface area contributed by atoms with Gasteiger partial charge in [0, 0.05) is 35.2 Å². The van der Waals surface area contributed by atoms with Gasteiger partial charge < -0.3 is 9.72 Å². The van der Waals surface area contributed by atoms with E-state index < -0.39 is 0 Å². The second-order valence-corrected chi connectivity index (χ2v) is 3.80. The minimum absolute atomic E-state index is 0.386. The highest BCUT2D eigenvalue weighted by Crippen LogP contribution is 2.09. The van der Waals surface area contributed by atoms with Gasteiger partial charge in [0.15, 0.2) is 0 Å². The van der Waals surface area contributed by atoms with Gasteiger partial charge in [-0.05, 0) is 18.2 Å². The smallest absolute Gasteiger partial charge is 0.330 e. The lowest BCUT2D eigenvalue weighted by molar-refractivity contribution is -0.134. The average molecular weight is 251 g/mol. The number of carbonyl (C=O) groups is 1. The second kappa shape index (κ2) is 6.27. The van der Waals surface area contributed by atoms with Crippen molar-refractivity contribution in [2.45, 2.75) is 0 Å². The molecular formula is C16H13NO2. The summed E-state index contributed by atoms with van der Waals surface area (Å²) in [5.41, 5.74) is 2.64. The van der Waals surface area contributed by atoms with Crippen LogP contribution in [0.3, 0.4) is 0 Å². The summed E-state index contributed by atoms with van der Waals surface area (Å²) >= 11 is 0. The first-order valence-electron chi connectivity index (χ1n) is 5.79. The van der Waals surface area contributed by atoms with Crippen LogP contribution >= 0.6 is 0 Å². The number of H-pyrrole nitrogens is 1. The van der Waals surface area contributed by atoms with Gasteiger partial charge in [0.25, 0.3) is 0 Å². The van der Waals surface area contributed by atoms with Gasteiger partial charge in [-0.2, -0.15) is 0 Å². The summed E-state index contributed by atoms with van der Waals surface area (Å²) in [5, 5.41) is 0. The lowest BCUT2D eigenvalue weighted by atomic mass is 10.1. The largest absolute Gasteiger partial charge is 0.466 e. The highest BCUT2D eigenvalue weighted by molar-refractivity contribution is 5.87. The molecular weight excluding hydrogens is 238 g/mol. The van der Waals surface area contributed by atoms with E-state index in [0.29, 0.717) is 0 Å². The zero-order valence-corrected chi connectivity index (χ0v) is 10.5. The topological polar surface area (TPSA) is 42.1 Å². The lowest BCUT2D eigenvalue weighted by Crippen LogP contribution is -1.93. The van der Waals surface area contributed by atoms with E-state index in [1.807, 2.05) is 30.3 Å². The maximum atomic E-state index is 11.0. The number of aromatic amines is 1. The zero-order valence-electron chi connectivity index (χ0n) is 10.5. The van der Waals surface area contributed by atoms with E-state index in [4.69, 9.17) is 0 Å². The third kappa shape index (κ3) is 3.62. The van der Waals surface area contributed by atoms with Gasteiger partial charge in [0.2, 0.25) is 0 Å². The van der Waals surface area contributed by atoms with Gasteiger partial charge in [-0.1, -0.05) is 30.0 Å². The molecule has 1 heterocycles. The maximum absolute atomic E-state index is 11.0. The van der Waals surface area contributed by atoms with Gasteiger partial charge in [0.05, 0.1) is 7.11 Å². The number of methoxy groups -OCH3 is 1. The fraction of sp³-hybridized carbons (Fsp3) is 0.0625. The minimum Gasteiger partial charge on any atom is -0.466 e. The monoisotopic (exact) mass is 251 g/mol. The maximum Gasteiger partial charge on any atom is 0.330 e. The molecule has 0 fully saturated rings. The Morgan fingerprint density at radius 3 is 2.74 bits per heavy atom. The van der Waals surface area contributed by atoms with Crippen LogP contribution in [-0.4, -0.2) is 18.1 Å². The van der Waals surface area contributed by atoms with Crippen molar-refractivity contribution in [2.75, 3.05) is 7.11 Å².